The highest BCUT2D eigenvalue weighted by Crippen LogP contribution is 2.24. The van der Waals surface area contributed by atoms with Gasteiger partial charge in [0.05, 0.1) is 0 Å². The molecule has 1 aliphatic rings. The van der Waals surface area contributed by atoms with E-state index >= 15 is 0 Å². The standard InChI is InChI=1S/C13H12FNO3/c14-11-8-10(15-7-1-2-12(15)16)5-3-9(11)4-6-13(17)18/h3-6,8H,1-2,7H2,(H,17,18). The zero-order valence-electron chi connectivity index (χ0n) is 9.60. The summed E-state index contributed by atoms with van der Waals surface area (Å²) < 4.78 is 13.7. The molecule has 1 N–H and O–H groups in total. The predicted octanol–water partition coefficient (Wildman–Crippen LogP) is 2.05. The summed E-state index contributed by atoms with van der Waals surface area (Å²) in [5.74, 6) is -1.68. The molecule has 0 saturated carbocycles. The molecule has 0 radical (unpaired) electrons. The van der Waals surface area contributed by atoms with Gasteiger partial charge in [-0.15, -0.1) is 0 Å². The Morgan fingerprint density at radius 1 is 1.44 bits per heavy atom. The third kappa shape index (κ3) is 2.56. The Hall–Kier alpha value is -2.17. The molecule has 1 saturated heterocycles. The van der Waals surface area contributed by atoms with E-state index in [0.29, 0.717) is 18.7 Å². The molecular weight excluding hydrogens is 237 g/mol. The van der Waals surface area contributed by atoms with Gasteiger partial charge in [-0.3, -0.25) is 4.79 Å². The number of amides is 1. The molecule has 2 rings (SSSR count). The van der Waals surface area contributed by atoms with Crippen LogP contribution in [0.3, 0.4) is 0 Å². The smallest absolute Gasteiger partial charge is 0.328 e. The Kier molecular flexibility index (Phi) is 3.41. The van der Waals surface area contributed by atoms with E-state index in [2.05, 4.69) is 0 Å². The maximum absolute atomic E-state index is 13.7. The number of carboxylic acid groups (broad SMARTS) is 1. The van der Waals surface area contributed by atoms with Crippen molar-refractivity contribution in [3.05, 3.63) is 35.7 Å². The van der Waals surface area contributed by atoms with Gasteiger partial charge in [0.25, 0.3) is 0 Å². The summed E-state index contributed by atoms with van der Waals surface area (Å²) >= 11 is 0. The maximum Gasteiger partial charge on any atom is 0.328 e. The van der Waals surface area contributed by atoms with Crippen LogP contribution in [0, 0.1) is 5.82 Å². The number of nitrogens with zero attached hydrogens (tertiary/aromatic N) is 1. The summed E-state index contributed by atoms with van der Waals surface area (Å²) in [5, 5.41) is 8.47. The first-order valence-electron chi connectivity index (χ1n) is 5.59. The van der Waals surface area contributed by atoms with Crippen LogP contribution in [0.15, 0.2) is 24.3 Å². The Morgan fingerprint density at radius 2 is 2.22 bits per heavy atom. The van der Waals surface area contributed by atoms with Gasteiger partial charge in [0.2, 0.25) is 5.91 Å². The lowest BCUT2D eigenvalue weighted by Crippen LogP contribution is -2.23. The molecule has 0 aromatic heterocycles. The minimum Gasteiger partial charge on any atom is -0.478 e. The van der Waals surface area contributed by atoms with Crippen molar-refractivity contribution in [2.45, 2.75) is 12.8 Å². The predicted molar refractivity (Wildman–Crippen MR) is 64.7 cm³/mol. The molecule has 1 amide bonds. The fourth-order valence-electron chi connectivity index (χ4n) is 1.90. The van der Waals surface area contributed by atoms with E-state index in [4.69, 9.17) is 5.11 Å². The number of anilines is 1. The molecule has 0 aliphatic carbocycles. The second-order valence-corrected chi connectivity index (χ2v) is 4.03. The lowest BCUT2D eigenvalue weighted by atomic mass is 10.1. The minimum absolute atomic E-state index is 0.0109. The summed E-state index contributed by atoms with van der Waals surface area (Å²) in [5.41, 5.74) is 0.704. The lowest BCUT2D eigenvalue weighted by molar-refractivity contribution is -0.131. The number of hydrogen-bond donors (Lipinski definition) is 1. The number of halogens is 1. The first-order chi connectivity index (χ1) is 8.58. The van der Waals surface area contributed by atoms with Crippen molar-refractivity contribution in [3.63, 3.8) is 0 Å². The van der Waals surface area contributed by atoms with Crippen LogP contribution in [-0.2, 0) is 9.59 Å². The molecule has 0 bridgehead atoms. The van der Waals surface area contributed by atoms with Crippen LogP contribution >= 0.6 is 0 Å². The number of carbonyl (C=O) groups excluding carboxylic acids is 1. The van der Waals surface area contributed by atoms with Gasteiger partial charge in [-0.1, -0.05) is 0 Å². The summed E-state index contributed by atoms with van der Waals surface area (Å²) in [6, 6.07) is 4.34. The zero-order chi connectivity index (χ0) is 13.1. The normalized spacial score (nSPS) is 15.6. The Bertz CT molecular complexity index is 525. The van der Waals surface area contributed by atoms with Gasteiger partial charge in [-0.25, -0.2) is 9.18 Å². The van der Waals surface area contributed by atoms with Crippen molar-refractivity contribution in [1.82, 2.24) is 0 Å². The fraction of sp³-hybridized carbons (Fsp3) is 0.231. The first-order valence-corrected chi connectivity index (χ1v) is 5.59. The molecule has 94 valence electrons. The van der Waals surface area contributed by atoms with Crippen LogP contribution < -0.4 is 4.90 Å². The Labute approximate surface area is 103 Å². The highest BCUT2D eigenvalue weighted by Gasteiger charge is 2.22. The van der Waals surface area contributed by atoms with Gasteiger partial charge in [0, 0.05) is 30.3 Å². The number of carbonyl (C=O) groups is 2. The summed E-state index contributed by atoms with van der Waals surface area (Å²) in [6.07, 6.45) is 3.33. The Morgan fingerprint density at radius 3 is 2.78 bits per heavy atom. The van der Waals surface area contributed by atoms with Gasteiger partial charge in [0.15, 0.2) is 0 Å². The van der Waals surface area contributed by atoms with Crippen LogP contribution in [0.2, 0.25) is 0 Å². The zero-order valence-corrected chi connectivity index (χ0v) is 9.60. The van der Waals surface area contributed by atoms with Gasteiger partial charge in [-0.05, 0) is 30.7 Å². The average Bonchev–Trinajstić information content (AvgIpc) is 2.73. The second-order valence-electron chi connectivity index (χ2n) is 4.03. The molecule has 0 atom stereocenters. The number of hydrogen-bond acceptors (Lipinski definition) is 2. The highest BCUT2D eigenvalue weighted by molar-refractivity contribution is 5.95. The molecule has 1 aliphatic heterocycles. The molecule has 0 spiro atoms. The van der Waals surface area contributed by atoms with Crippen LogP contribution in [0.5, 0.6) is 0 Å². The monoisotopic (exact) mass is 249 g/mol. The third-order valence-corrected chi connectivity index (χ3v) is 2.77. The first kappa shape index (κ1) is 12.3. The topological polar surface area (TPSA) is 57.6 Å². The average molecular weight is 249 g/mol. The minimum atomic E-state index is -1.13. The SMILES string of the molecule is O=C(O)C=Cc1ccc(N2CCCC2=O)cc1F. The number of benzene rings is 1. The lowest BCUT2D eigenvalue weighted by Gasteiger charge is -2.15. The van der Waals surface area contributed by atoms with Crippen molar-refractivity contribution < 1.29 is 19.1 Å². The van der Waals surface area contributed by atoms with Gasteiger partial charge in [0.1, 0.15) is 5.82 Å². The number of aliphatic carboxylic acids is 1. The molecule has 1 aromatic carbocycles. The molecule has 1 aromatic rings. The molecular formula is C13H12FNO3. The fourth-order valence-corrected chi connectivity index (χ4v) is 1.90. The quantitative estimate of drug-likeness (QED) is 0.834. The van der Waals surface area contributed by atoms with Crippen molar-refractivity contribution in [2.75, 3.05) is 11.4 Å². The number of rotatable bonds is 3. The van der Waals surface area contributed by atoms with Crippen molar-refractivity contribution in [1.29, 1.82) is 0 Å². The van der Waals surface area contributed by atoms with Crippen LogP contribution in [0.1, 0.15) is 18.4 Å². The van der Waals surface area contributed by atoms with Crippen LogP contribution in [0.4, 0.5) is 10.1 Å². The maximum atomic E-state index is 13.7. The van der Waals surface area contributed by atoms with E-state index in [9.17, 15) is 14.0 Å². The highest BCUT2D eigenvalue weighted by atomic mass is 19.1. The molecule has 5 heteroatoms. The van der Waals surface area contributed by atoms with Gasteiger partial charge >= 0.3 is 5.97 Å². The molecule has 1 fully saturated rings. The summed E-state index contributed by atoms with van der Waals surface area (Å²) in [4.78, 5) is 23.4. The number of carboxylic acids is 1. The van der Waals surface area contributed by atoms with Crippen molar-refractivity contribution in [3.8, 4) is 0 Å². The van der Waals surface area contributed by atoms with E-state index in [0.717, 1.165) is 12.5 Å². The largest absolute Gasteiger partial charge is 0.478 e. The molecule has 18 heavy (non-hydrogen) atoms. The van der Waals surface area contributed by atoms with E-state index < -0.39 is 11.8 Å². The molecule has 1 heterocycles. The van der Waals surface area contributed by atoms with E-state index in [1.165, 1.54) is 23.1 Å². The van der Waals surface area contributed by atoms with Crippen LogP contribution in [0.25, 0.3) is 6.08 Å². The van der Waals surface area contributed by atoms with E-state index in [1.54, 1.807) is 6.07 Å². The van der Waals surface area contributed by atoms with E-state index in [-0.39, 0.29) is 11.5 Å². The molecule has 4 nitrogen and oxygen atoms in total. The van der Waals surface area contributed by atoms with Gasteiger partial charge < -0.3 is 10.0 Å². The molecule has 0 unspecified atom stereocenters. The Balaban J connectivity index is 2.24. The van der Waals surface area contributed by atoms with Crippen LogP contribution in [-0.4, -0.2) is 23.5 Å². The summed E-state index contributed by atoms with van der Waals surface area (Å²) in [7, 11) is 0. The van der Waals surface area contributed by atoms with E-state index in [1.807, 2.05) is 0 Å². The second kappa shape index (κ2) is 5.00. The van der Waals surface area contributed by atoms with Gasteiger partial charge in [-0.2, -0.15) is 0 Å². The van der Waals surface area contributed by atoms with Crippen molar-refractivity contribution in [2.24, 2.45) is 0 Å². The summed E-state index contributed by atoms with van der Waals surface area (Å²) in [6.45, 7) is 0.600. The van der Waals surface area contributed by atoms with Crippen molar-refractivity contribution >= 4 is 23.6 Å². The third-order valence-electron chi connectivity index (χ3n) is 2.77.